The van der Waals surface area contributed by atoms with E-state index in [0.29, 0.717) is 0 Å². The number of hydrogen-bond donors (Lipinski definition) is 0. The monoisotopic (exact) mass is 307 g/mol. The Kier molecular flexibility index (Phi) is 4.27. The lowest BCUT2D eigenvalue weighted by molar-refractivity contribution is -0.130. The summed E-state index contributed by atoms with van der Waals surface area (Å²) >= 11 is 8.13. The predicted octanol–water partition coefficient (Wildman–Crippen LogP) is 4.58. The van der Waals surface area contributed by atoms with Crippen molar-refractivity contribution in [3.05, 3.63) is 35.2 Å². The van der Waals surface area contributed by atoms with Gasteiger partial charge in [0.1, 0.15) is 5.38 Å². The van der Waals surface area contributed by atoms with Gasteiger partial charge in [0.15, 0.2) is 0 Å². The number of carbonyl (C=O) groups excluding carboxylic acids is 1. The van der Waals surface area contributed by atoms with Crippen molar-refractivity contribution in [2.45, 2.75) is 31.1 Å². The van der Waals surface area contributed by atoms with Gasteiger partial charge in [-0.3, -0.25) is 4.79 Å². The fourth-order valence-corrected chi connectivity index (χ4v) is 4.16. The minimum Gasteiger partial charge on any atom is -0.341 e. The van der Waals surface area contributed by atoms with Gasteiger partial charge in [-0.25, -0.2) is 0 Å². The molecule has 0 N–H and O–H groups in total. The van der Waals surface area contributed by atoms with E-state index >= 15 is 0 Å². The molecule has 20 heavy (non-hydrogen) atoms. The quantitative estimate of drug-likeness (QED) is 0.743. The highest BCUT2D eigenvalue weighted by Gasteiger charge is 2.26. The van der Waals surface area contributed by atoms with E-state index < -0.39 is 5.38 Å². The molecule has 4 heteroatoms. The molecule has 0 spiro atoms. The van der Waals surface area contributed by atoms with Gasteiger partial charge in [0.2, 0.25) is 5.91 Å². The summed E-state index contributed by atoms with van der Waals surface area (Å²) in [4.78, 5) is 14.5. The van der Waals surface area contributed by atoms with Crippen molar-refractivity contribution >= 4 is 38.9 Å². The normalized spacial score (nSPS) is 17.9. The van der Waals surface area contributed by atoms with Crippen LogP contribution in [-0.4, -0.2) is 23.9 Å². The van der Waals surface area contributed by atoms with Gasteiger partial charge in [-0.1, -0.05) is 31.0 Å². The highest BCUT2D eigenvalue weighted by molar-refractivity contribution is 7.17. The molecule has 0 bridgehead atoms. The van der Waals surface area contributed by atoms with Crippen molar-refractivity contribution < 1.29 is 4.79 Å². The zero-order valence-electron chi connectivity index (χ0n) is 11.3. The maximum absolute atomic E-state index is 12.6. The predicted molar refractivity (Wildman–Crippen MR) is 85.5 cm³/mol. The maximum Gasteiger partial charge on any atom is 0.245 e. The number of alkyl halides is 1. The Labute approximate surface area is 128 Å². The van der Waals surface area contributed by atoms with Gasteiger partial charge in [0.25, 0.3) is 0 Å². The summed E-state index contributed by atoms with van der Waals surface area (Å²) in [6.07, 6.45) is 4.63. The van der Waals surface area contributed by atoms with Crippen LogP contribution < -0.4 is 0 Å². The minimum atomic E-state index is -0.552. The van der Waals surface area contributed by atoms with Crippen LogP contribution in [0.3, 0.4) is 0 Å². The Balaban J connectivity index is 1.84. The van der Waals surface area contributed by atoms with Gasteiger partial charge in [-0.2, -0.15) is 0 Å². The van der Waals surface area contributed by atoms with Gasteiger partial charge in [-0.15, -0.1) is 22.9 Å². The highest BCUT2D eigenvalue weighted by Crippen LogP contribution is 2.34. The van der Waals surface area contributed by atoms with Gasteiger partial charge < -0.3 is 4.90 Å². The SMILES string of the molecule is O=C(C(Cl)c1csc2ccccc12)N1CCCCCC1. The standard InChI is InChI=1S/C16H18ClNOS/c17-15(16(19)18-9-5-1-2-6-10-18)13-11-20-14-8-4-3-7-12(13)14/h3-4,7-8,11,15H,1-2,5-6,9-10H2. The number of hydrogen-bond acceptors (Lipinski definition) is 2. The topological polar surface area (TPSA) is 20.3 Å². The second-order valence-electron chi connectivity index (χ2n) is 5.29. The number of fused-ring (bicyclic) bond motifs is 1. The van der Waals surface area contributed by atoms with E-state index in [1.807, 2.05) is 28.5 Å². The fraction of sp³-hybridized carbons (Fsp3) is 0.438. The van der Waals surface area contributed by atoms with E-state index in [9.17, 15) is 4.79 Å². The van der Waals surface area contributed by atoms with Crippen LogP contribution in [0.25, 0.3) is 10.1 Å². The van der Waals surface area contributed by atoms with Crippen molar-refractivity contribution in [1.29, 1.82) is 0 Å². The number of carbonyl (C=O) groups is 1. The van der Waals surface area contributed by atoms with Crippen LogP contribution in [0.5, 0.6) is 0 Å². The molecule has 2 aromatic rings. The van der Waals surface area contributed by atoms with Gasteiger partial charge in [0.05, 0.1) is 0 Å². The second-order valence-corrected chi connectivity index (χ2v) is 6.64. The van der Waals surface area contributed by atoms with Crippen molar-refractivity contribution in [3.63, 3.8) is 0 Å². The number of benzene rings is 1. The molecule has 1 aromatic heterocycles. The van der Waals surface area contributed by atoms with Crippen LogP contribution in [0.4, 0.5) is 0 Å². The summed E-state index contributed by atoms with van der Waals surface area (Å²) in [6, 6.07) is 8.14. The average Bonchev–Trinajstić information content (AvgIpc) is 2.72. The van der Waals surface area contributed by atoms with Gasteiger partial charge in [0, 0.05) is 17.8 Å². The zero-order valence-corrected chi connectivity index (χ0v) is 12.9. The molecule has 0 saturated carbocycles. The van der Waals surface area contributed by atoms with Crippen molar-refractivity contribution in [3.8, 4) is 0 Å². The number of likely N-dealkylation sites (tertiary alicyclic amines) is 1. The number of halogens is 1. The summed E-state index contributed by atoms with van der Waals surface area (Å²) in [7, 11) is 0. The molecule has 1 atom stereocenters. The van der Waals surface area contributed by atoms with E-state index in [1.54, 1.807) is 11.3 Å². The molecule has 0 aliphatic carbocycles. The molecule has 3 rings (SSSR count). The molecule has 1 fully saturated rings. The summed E-state index contributed by atoms with van der Waals surface area (Å²) in [5, 5.41) is 2.59. The number of thiophene rings is 1. The zero-order chi connectivity index (χ0) is 13.9. The third-order valence-corrected chi connectivity index (χ3v) is 5.32. The molecule has 106 valence electrons. The molecule has 1 aromatic carbocycles. The first kappa shape index (κ1) is 13.9. The Morgan fingerprint density at radius 1 is 1.15 bits per heavy atom. The average molecular weight is 308 g/mol. The van der Waals surface area contributed by atoms with Crippen LogP contribution >= 0.6 is 22.9 Å². The molecule has 1 saturated heterocycles. The van der Waals surface area contributed by atoms with Crippen LogP contribution in [0, 0.1) is 0 Å². The molecule has 1 aliphatic heterocycles. The van der Waals surface area contributed by atoms with Crippen LogP contribution in [0.15, 0.2) is 29.6 Å². The van der Waals surface area contributed by atoms with Crippen LogP contribution in [0.1, 0.15) is 36.6 Å². The maximum atomic E-state index is 12.6. The summed E-state index contributed by atoms with van der Waals surface area (Å²) < 4.78 is 1.19. The Hall–Kier alpha value is -1.06. The van der Waals surface area contributed by atoms with Crippen LogP contribution in [0.2, 0.25) is 0 Å². The number of rotatable bonds is 2. The smallest absolute Gasteiger partial charge is 0.245 e. The highest BCUT2D eigenvalue weighted by atomic mass is 35.5. The third kappa shape index (κ3) is 2.70. The van der Waals surface area contributed by atoms with E-state index in [1.165, 1.54) is 17.5 Å². The summed E-state index contributed by atoms with van der Waals surface area (Å²) in [6.45, 7) is 1.70. The molecule has 2 heterocycles. The van der Waals surface area contributed by atoms with Crippen molar-refractivity contribution in [2.24, 2.45) is 0 Å². The van der Waals surface area contributed by atoms with Crippen molar-refractivity contribution in [2.75, 3.05) is 13.1 Å². The minimum absolute atomic E-state index is 0.0668. The number of amides is 1. The second kappa shape index (κ2) is 6.15. The first-order valence-corrected chi connectivity index (χ1v) is 8.48. The molecule has 1 amide bonds. The van der Waals surface area contributed by atoms with E-state index in [-0.39, 0.29) is 5.91 Å². The van der Waals surface area contributed by atoms with Gasteiger partial charge in [-0.05, 0) is 35.2 Å². The summed E-state index contributed by atoms with van der Waals surface area (Å²) in [5.41, 5.74) is 0.960. The van der Waals surface area contributed by atoms with Crippen LogP contribution in [-0.2, 0) is 4.79 Å². The van der Waals surface area contributed by atoms with Crippen molar-refractivity contribution in [1.82, 2.24) is 4.90 Å². The molecular formula is C16H18ClNOS. The Bertz CT molecular complexity index is 601. The van der Waals surface area contributed by atoms with Gasteiger partial charge >= 0.3 is 0 Å². The largest absolute Gasteiger partial charge is 0.341 e. The fourth-order valence-electron chi connectivity index (χ4n) is 2.78. The lowest BCUT2D eigenvalue weighted by Crippen LogP contribution is -2.34. The Morgan fingerprint density at radius 3 is 2.60 bits per heavy atom. The Morgan fingerprint density at radius 2 is 1.85 bits per heavy atom. The molecule has 1 aliphatic rings. The lowest BCUT2D eigenvalue weighted by Gasteiger charge is -2.23. The van der Waals surface area contributed by atoms with E-state index in [4.69, 9.17) is 11.6 Å². The van der Waals surface area contributed by atoms with E-state index in [2.05, 4.69) is 6.07 Å². The first-order valence-electron chi connectivity index (χ1n) is 7.16. The molecular weight excluding hydrogens is 290 g/mol. The molecule has 0 radical (unpaired) electrons. The molecule has 2 nitrogen and oxygen atoms in total. The molecule has 1 unspecified atom stereocenters. The third-order valence-electron chi connectivity index (χ3n) is 3.92. The van der Waals surface area contributed by atoms with E-state index in [0.717, 1.165) is 36.9 Å². The number of nitrogens with zero attached hydrogens (tertiary/aromatic N) is 1. The first-order chi connectivity index (χ1) is 9.77. The lowest BCUT2D eigenvalue weighted by atomic mass is 10.1. The summed E-state index contributed by atoms with van der Waals surface area (Å²) in [5.74, 6) is 0.0668.